The van der Waals surface area contributed by atoms with Crippen LogP contribution in [-0.2, 0) is 16.1 Å². The Morgan fingerprint density at radius 2 is 1.83 bits per heavy atom. The monoisotopic (exact) mass is 471 g/mol. The van der Waals surface area contributed by atoms with E-state index in [1.54, 1.807) is 29.1 Å². The number of amides is 2. The number of nitrogens with one attached hydrogen (secondary N) is 2. The fraction of sp³-hybridized carbons (Fsp3) is 0.154. The molecular weight excluding hydrogens is 446 g/mol. The molecule has 2 amide bonds. The minimum absolute atomic E-state index is 0.0958. The fourth-order valence-corrected chi connectivity index (χ4v) is 3.37. The number of methoxy groups -OCH3 is 1. The summed E-state index contributed by atoms with van der Waals surface area (Å²) in [7, 11) is 1.51. The van der Waals surface area contributed by atoms with Crippen molar-refractivity contribution in [2.45, 2.75) is 13.5 Å². The predicted octanol–water partition coefficient (Wildman–Crippen LogP) is 3.52. The van der Waals surface area contributed by atoms with E-state index in [0.717, 1.165) is 16.6 Å². The Morgan fingerprint density at radius 3 is 2.63 bits per heavy atom. The van der Waals surface area contributed by atoms with Crippen molar-refractivity contribution in [3.63, 3.8) is 0 Å². The van der Waals surface area contributed by atoms with Gasteiger partial charge in [0.1, 0.15) is 6.54 Å². The highest BCUT2D eigenvalue weighted by molar-refractivity contribution is 5.92. The molecule has 0 saturated carbocycles. The third kappa shape index (κ3) is 6.23. The highest BCUT2D eigenvalue weighted by Crippen LogP contribution is 2.27. The Labute approximate surface area is 202 Å². The summed E-state index contributed by atoms with van der Waals surface area (Å²) in [4.78, 5) is 28.7. The van der Waals surface area contributed by atoms with E-state index in [4.69, 9.17) is 9.47 Å². The predicted molar refractivity (Wildman–Crippen MR) is 134 cm³/mol. The topological polar surface area (TPSA) is 107 Å². The van der Waals surface area contributed by atoms with Gasteiger partial charge in [0.05, 0.1) is 30.7 Å². The molecule has 0 radical (unpaired) electrons. The van der Waals surface area contributed by atoms with Gasteiger partial charge < -0.3 is 19.4 Å². The molecule has 1 aromatic heterocycles. The molecule has 0 aliphatic carbocycles. The SMILES string of the molecule is COc1cc(/C=N/NC(=O)Cn2cnc3ccccc32)ccc1OCC(=O)Nc1ccc(C)cc1. The van der Waals surface area contributed by atoms with Crippen molar-refractivity contribution in [1.29, 1.82) is 0 Å². The van der Waals surface area contributed by atoms with E-state index >= 15 is 0 Å². The largest absolute Gasteiger partial charge is 0.493 e. The number of aromatic nitrogens is 2. The van der Waals surface area contributed by atoms with Gasteiger partial charge in [0, 0.05) is 5.69 Å². The highest BCUT2D eigenvalue weighted by Gasteiger charge is 2.09. The maximum atomic E-state index is 12.3. The molecule has 9 nitrogen and oxygen atoms in total. The summed E-state index contributed by atoms with van der Waals surface area (Å²) in [5.41, 5.74) is 6.71. The number of fused-ring (bicyclic) bond motifs is 1. The number of carbonyl (C=O) groups excluding carboxylic acids is 2. The number of ether oxygens (including phenoxy) is 2. The first kappa shape index (κ1) is 23.5. The van der Waals surface area contributed by atoms with Gasteiger partial charge in [-0.3, -0.25) is 9.59 Å². The molecule has 0 fully saturated rings. The lowest BCUT2D eigenvalue weighted by molar-refractivity contribution is -0.121. The maximum Gasteiger partial charge on any atom is 0.262 e. The molecule has 2 N–H and O–H groups in total. The van der Waals surface area contributed by atoms with Gasteiger partial charge in [0.2, 0.25) is 0 Å². The molecule has 0 saturated heterocycles. The lowest BCUT2D eigenvalue weighted by Gasteiger charge is -2.11. The summed E-state index contributed by atoms with van der Waals surface area (Å²) in [5, 5.41) is 6.80. The van der Waals surface area contributed by atoms with Crippen molar-refractivity contribution in [2.24, 2.45) is 5.10 Å². The molecule has 0 unspecified atom stereocenters. The van der Waals surface area contributed by atoms with Crippen LogP contribution in [0.15, 0.2) is 78.2 Å². The third-order valence-corrected chi connectivity index (χ3v) is 5.13. The molecule has 4 rings (SSSR count). The first-order chi connectivity index (χ1) is 17.0. The highest BCUT2D eigenvalue weighted by atomic mass is 16.5. The Morgan fingerprint density at radius 1 is 1.03 bits per heavy atom. The Bertz CT molecular complexity index is 1360. The van der Waals surface area contributed by atoms with E-state index in [1.165, 1.54) is 13.3 Å². The van der Waals surface area contributed by atoms with Crippen LogP contribution in [0.2, 0.25) is 0 Å². The van der Waals surface area contributed by atoms with Crippen LogP contribution in [0.3, 0.4) is 0 Å². The van der Waals surface area contributed by atoms with Gasteiger partial charge in [-0.1, -0.05) is 29.8 Å². The van der Waals surface area contributed by atoms with E-state index in [1.807, 2.05) is 55.5 Å². The second-order valence-corrected chi connectivity index (χ2v) is 7.77. The van der Waals surface area contributed by atoms with E-state index in [9.17, 15) is 9.59 Å². The second kappa shape index (κ2) is 11.0. The number of nitrogens with zero attached hydrogens (tertiary/aromatic N) is 3. The van der Waals surface area contributed by atoms with E-state index < -0.39 is 0 Å². The normalized spacial score (nSPS) is 10.9. The zero-order chi connectivity index (χ0) is 24.6. The third-order valence-electron chi connectivity index (χ3n) is 5.13. The number of carbonyl (C=O) groups is 2. The number of rotatable bonds is 9. The lowest BCUT2D eigenvalue weighted by Crippen LogP contribution is -2.22. The Balaban J connectivity index is 1.30. The standard InChI is InChI=1S/C26H25N5O4/c1-18-7-10-20(11-8-18)29-26(33)16-35-23-12-9-19(13-24(23)34-2)14-28-30-25(32)15-31-17-27-21-5-3-4-6-22(21)31/h3-14,17H,15-16H2,1-2H3,(H,29,33)(H,30,32)/b28-14+. The number of hydrogen-bond donors (Lipinski definition) is 2. The smallest absolute Gasteiger partial charge is 0.262 e. The summed E-state index contributed by atoms with van der Waals surface area (Å²) in [6, 6.07) is 20.2. The van der Waals surface area contributed by atoms with Crippen LogP contribution in [0.1, 0.15) is 11.1 Å². The summed E-state index contributed by atoms with van der Waals surface area (Å²) < 4.78 is 12.7. The number of para-hydroxylation sites is 2. The quantitative estimate of drug-likeness (QED) is 0.287. The second-order valence-electron chi connectivity index (χ2n) is 7.77. The maximum absolute atomic E-state index is 12.3. The van der Waals surface area contributed by atoms with Crippen molar-refractivity contribution in [3.8, 4) is 11.5 Å². The number of imidazole rings is 1. The summed E-state index contributed by atoms with van der Waals surface area (Å²) in [6.45, 7) is 1.90. The van der Waals surface area contributed by atoms with Crippen LogP contribution in [0.25, 0.3) is 11.0 Å². The van der Waals surface area contributed by atoms with Crippen LogP contribution in [-0.4, -0.2) is 41.3 Å². The fourth-order valence-electron chi connectivity index (χ4n) is 3.37. The molecule has 9 heteroatoms. The average Bonchev–Trinajstić information content (AvgIpc) is 3.27. The molecule has 0 bridgehead atoms. The molecule has 0 aliphatic rings. The molecule has 0 atom stereocenters. The van der Waals surface area contributed by atoms with Crippen molar-refractivity contribution in [3.05, 3.63) is 84.2 Å². The van der Waals surface area contributed by atoms with E-state index in [-0.39, 0.29) is 25.0 Å². The molecule has 4 aromatic rings. The van der Waals surface area contributed by atoms with Crippen LogP contribution in [0.5, 0.6) is 11.5 Å². The number of benzene rings is 3. The van der Waals surface area contributed by atoms with Crippen molar-refractivity contribution in [2.75, 3.05) is 19.0 Å². The zero-order valence-corrected chi connectivity index (χ0v) is 19.4. The molecular formula is C26H25N5O4. The van der Waals surface area contributed by atoms with Gasteiger partial charge in [-0.25, -0.2) is 10.4 Å². The minimum atomic E-state index is -0.282. The molecule has 3 aromatic carbocycles. The minimum Gasteiger partial charge on any atom is -0.493 e. The first-order valence-electron chi connectivity index (χ1n) is 10.9. The van der Waals surface area contributed by atoms with Crippen molar-refractivity contribution in [1.82, 2.24) is 15.0 Å². The zero-order valence-electron chi connectivity index (χ0n) is 19.4. The van der Waals surface area contributed by atoms with Gasteiger partial charge in [0.25, 0.3) is 11.8 Å². The lowest BCUT2D eigenvalue weighted by atomic mass is 10.2. The number of hydrogen-bond acceptors (Lipinski definition) is 6. The van der Waals surface area contributed by atoms with Crippen LogP contribution < -0.4 is 20.2 Å². The molecule has 1 heterocycles. The van der Waals surface area contributed by atoms with Gasteiger partial charge in [-0.15, -0.1) is 0 Å². The van der Waals surface area contributed by atoms with Crippen molar-refractivity contribution >= 4 is 34.7 Å². The Hall–Kier alpha value is -4.66. The summed E-state index contributed by atoms with van der Waals surface area (Å²) in [6.07, 6.45) is 3.12. The van der Waals surface area contributed by atoms with E-state index in [2.05, 4.69) is 20.8 Å². The molecule has 0 spiro atoms. The van der Waals surface area contributed by atoms with Crippen LogP contribution in [0.4, 0.5) is 5.69 Å². The summed E-state index contributed by atoms with van der Waals surface area (Å²) >= 11 is 0. The molecule has 0 aliphatic heterocycles. The average molecular weight is 472 g/mol. The van der Waals surface area contributed by atoms with Gasteiger partial charge in [-0.05, 0) is 55.0 Å². The number of anilines is 1. The van der Waals surface area contributed by atoms with Crippen molar-refractivity contribution < 1.29 is 19.1 Å². The number of hydrazone groups is 1. The molecule has 35 heavy (non-hydrogen) atoms. The Kier molecular flexibility index (Phi) is 7.37. The van der Waals surface area contributed by atoms with Crippen LogP contribution >= 0.6 is 0 Å². The number of aryl methyl sites for hydroxylation is 1. The van der Waals surface area contributed by atoms with Gasteiger partial charge in [-0.2, -0.15) is 5.10 Å². The van der Waals surface area contributed by atoms with Crippen LogP contribution in [0, 0.1) is 6.92 Å². The van der Waals surface area contributed by atoms with Gasteiger partial charge in [0.15, 0.2) is 18.1 Å². The molecule has 178 valence electrons. The van der Waals surface area contributed by atoms with E-state index in [0.29, 0.717) is 22.7 Å². The van der Waals surface area contributed by atoms with Gasteiger partial charge >= 0.3 is 0 Å². The first-order valence-corrected chi connectivity index (χ1v) is 10.9. The summed E-state index contributed by atoms with van der Waals surface area (Å²) in [5.74, 6) is 0.291.